The Labute approximate surface area is 88.3 Å². The Balaban J connectivity index is 2.29. The molecule has 0 atom stereocenters. The molecule has 0 radical (unpaired) electrons. The number of benzene rings is 1. The molecule has 1 rings (SSSR count). The Morgan fingerprint density at radius 3 is 2.31 bits per heavy atom. The first-order valence-electron chi connectivity index (χ1n) is 4.22. The van der Waals surface area contributed by atoms with Crippen molar-refractivity contribution in [2.75, 3.05) is 0 Å². The van der Waals surface area contributed by atoms with Gasteiger partial charge in [-0.05, 0) is 18.4 Å². The number of aryl methyl sites for hydroxylation is 1. The van der Waals surface area contributed by atoms with Crippen LogP contribution in [0.25, 0.3) is 0 Å². The summed E-state index contributed by atoms with van der Waals surface area (Å²) in [6, 6.07) is 10.0. The molecule has 0 saturated heterocycles. The molecule has 72 valence electrons. The van der Waals surface area contributed by atoms with Crippen molar-refractivity contribution in [2.24, 2.45) is 0 Å². The summed E-state index contributed by atoms with van der Waals surface area (Å²) in [5.74, 6) is 0. The lowest BCUT2D eigenvalue weighted by molar-refractivity contribution is 0.201. The highest BCUT2D eigenvalue weighted by Crippen LogP contribution is 2.23. The van der Waals surface area contributed by atoms with Crippen LogP contribution in [0.15, 0.2) is 30.3 Å². The Bertz CT molecular complexity index is 241. The smallest absolute Gasteiger partial charge is 0.214 e. The Morgan fingerprint density at radius 2 is 1.77 bits per heavy atom. The predicted molar refractivity (Wildman–Crippen MR) is 56.0 cm³/mol. The van der Waals surface area contributed by atoms with E-state index in [2.05, 4.69) is 0 Å². The minimum absolute atomic E-state index is 0.394. The van der Waals surface area contributed by atoms with E-state index < -0.39 is 4.52 Å². The van der Waals surface area contributed by atoms with Gasteiger partial charge in [-0.3, -0.25) is 0 Å². The summed E-state index contributed by atoms with van der Waals surface area (Å²) in [5, 5.41) is 9.03. The van der Waals surface area contributed by atoms with Crippen molar-refractivity contribution in [3.05, 3.63) is 35.9 Å². The molecule has 0 saturated carbocycles. The lowest BCUT2D eigenvalue weighted by atomic mass is 10.1. The molecule has 1 nitrogen and oxygen atoms in total. The lowest BCUT2D eigenvalue weighted by Crippen LogP contribution is -2.10. The SMILES string of the molecule is OC(Cl)(Cl)CCCc1ccccc1. The molecule has 0 heterocycles. The van der Waals surface area contributed by atoms with Crippen molar-refractivity contribution in [3.8, 4) is 0 Å². The fourth-order valence-electron chi connectivity index (χ4n) is 1.15. The van der Waals surface area contributed by atoms with Crippen molar-refractivity contribution in [1.82, 2.24) is 0 Å². The van der Waals surface area contributed by atoms with Gasteiger partial charge in [0.15, 0.2) is 0 Å². The molecule has 0 amide bonds. The molecule has 0 bridgehead atoms. The molecule has 0 aliphatic rings. The number of aliphatic hydroxyl groups is 1. The molecule has 1 aromatic carbocycles. The average molecular weight is 219 g/mol. The van der Waals surface area contributed by atoms with E-state index in [1.54, 1.807) is 0 Å². The van der Waals surface area contributed by atoms with Gasteiger partial charge in [0.1, 0.15) is 0 Å². The van der Waals surface area contributed by atoms with Crippen LogP contribution < -0.4 is 0 Å². The second kappa shape index (κ2) is 4.85. The summed E-state index contributed by atoms with van der Waals surface area (Å²) in [6.07, 6.45) is 2.07. The van der Waals surface area contributed by atoms with Crippen molar-refractivity contribution in [2.45, 2.75) is 23.8 Å². The molecule has 1 N–H and O–H groups in total. The normalized spacial score (nSPS) is 11.6. The van der Waals surface area contributed by atoms with Crippen LogP contribution in [0, 0.1) is 0 Å². The number of hydrogen-bond acceptors (Lipinski definition) is 1. The number of rotatable bonds is 4. The number of hydrogen-bond donors (Lipinski definition) is 1. The molecule has 0 spiro atoms. The highest BCUT2D eigenvalue weighted by Gasteiger charge is 2.17. The van der Waals surface area contributed by atoms with Crippen LogP contribution in [0.5, 0.6) is 0 Å². The van der Waals surface area contributed by atoms with Crippen LogP contribution >= 0.6 is 23.2 Å². The second-order valence-corrected chi connectivity index (χ2v) is 4.45. The average Bonchev–Trinajstić information content (AvgIpc) is 2.04. The van der Waals surface area contributed by atoms with E-state index in [9.17, 15) is 0 Å². The number of halogens is 2. The van der Waals surface area contributed by atoms with Gasteiger partial charge in [0.2, 0.25) is 4.52 Å². The van der Waals surface area contributed by atoms with Crippen molar-refractivity contribution in [3.63, 3.8) is 0 Å². The molecule has 0 aliphatic heterocycles. The monoisotopic (exact) mass is 218 g/mol. The van der Waals surface area contributed by atoms with E-state index in [-0.39, 0.29) is 0 Å². The first-order chi connectivity index (χ1) is 6.08. The molecule has 0 unspecified atom stereocenters. The van der Waals surface area contributed by atoms with Gasteiger partial charge in [0.05, 0.1) is 0 Å². The third kappa shape index (κ3) is 5.14. The van der Waals surface area contributed by atoms with Crippen molar-refractivity contribution >= 4 is 23.2 Å². The van der Waals surface area contributed by atoms with Crippen molar-refractivity contribution in [1.29, 1.82) is 0 Å². The summed E-state index contributed by atoms with van der Waals surface area (Å²) < 4.78 is -1.57. The van der Waals surface area contributed by atoms with Crippen LogP contribution in [-0.4, -0.2) is 9.63 Å². The first-order valence-corrected chi connectivity index (χ1v) is 4.98. The minimum atomic E-state index is -1.57. The molecule has 13 heavy (non-hydrogen) atoms. The summed E-state index contributed by atoms with van der Waals surface area (Å²) in [7, 11) is 0. The molecule has 0 aliphatic carbocycles. The second-order valence-electron chi connectivity index (χ2n) is 3.00. The van der Waals surface area contributed by atoms with Gasteiger partial charge in [0.25, 0.3) is 0 Å². The summed E-state index contributed by atoms with van der Waals surface area (Å²) in [4.78, 5) is 0. The minimum Gasteiger partial charge on any atom is -0.363 e. The lowest BCUT2D eigenvalue weighted by Gasteiger charge is -2.10. The van der Waals surface area contributed by atoms with Crippen LogP contribution in [0.2, 0.25) is 0 Å². The molecule has 0 fully saturated rings. The van der Waals surface area contributed by atoms with Crippen LogP contribution in [0.3, 0.4) is 0 Å². The predicted octanol–water partition coefficient (Wildman–Crippen LogP) is 3.13. The largest absolute Gasteiger partial charge is 0.363 e. The van der Waals surface area contributed by atoms with Gasteiger partial charge in [0, 0.05) is 6.42 Å². The molecular weight excluding hydrogens is 207 g/mol. The van der Waals surface area contributed by atoms with E-state index in [0.717, 1.165) is 12.8 Å². The highest BCUT2D eigenvalue weighted by molar-refractivity contribution is 6.46. The summed E-state index contributed by atoms with van der Waals surface area (Å²) in [6.45, 7) is 0. The van der Waals surface area contributed by atoms with E-state index in [1.165, 1.54) is 5.56 Å². The van der Waals surface area contributed by atoms with E-state index >= 15 is 0 Å². The zero-order valence-electron chi connectivity index (χ0n) is 7.21. The van der Waals surface area contributed by atoms with Gasteiger partial charge in [-0.25, -0.2) is 0 Å². The maximum Gasteiger partial charge on any atom is 0.214 e. The fourth-order valence-corrected chi connectivity index (χ4v) is 1.42. The first kappa shape index (κ1) is 10.8. The molecule has 0 aromatic heterocycles. The zero-order valence-corrected chi connectivity index (χ0v) is 8.72. The van der Waals surface area contributed by atoms with Gasteiger partial charge in [-0.15, -0.1) is 0 Å². The van der Waals surface area contributed by atoms with Crippen LogP contribution in [0.4, 0.5) is 0 Å². The number of alkyl halides is 2. The Kier molecular flexibility index (Phi) is 4.04. The van der Waals surface area contributed by atoms with Gasteiger partial charge >= 0.3 is 0 Å². The summed E-state index contributed by atoms with van der Waals surface area (Å²) in [5.41, 5.74) is 1.24. The maximum atomic E-state index is 9.03. The molecule has 3 heteroatoms. The summed E-state index contributed by atoms with van der Waals surface area (Å²) >= 11 is 10.8. The highest BCUT2D eigenvalue weighted by atomic mass is 35.5. The Hall–Kier alpha value is -0.240. The Morgan fingerprint density at radius 1 is 1.15 bits per heavy atom. The van der Waals surface area contributed by atoms with E-state index in [1.807, 2.05) is 30.3 Å². The van der Waals surface area contributed by atoms with E-state index in [4.69, 9.17) is 28.3 Å². The van der Waals surface area contributed by atoms with Crippen LogP contribution in [0.1, 0.15) is 18.4 Å². The quantitative estimate of drug-likeness (QED) is 0.771. The van der Waals surface area contributed by atoms with Gasteiger partial charge in [-0.1, -0.05) is 53.5 Å². The van der Waals surface area contributed by atoms with Gasteiger partial charge < -0.3 is 5.11 Å². The van der Waals surface area contributed by atoms with Crippen LogP contribution in [-0.2, 0) is 6.42 Å². The standard InChI is InChI=1S/C10H12Cl2O/c11-10(12,13)8-4-7-9-5-2-1-3-6-9/h1-3,5-6,13H,4,7-8H2. The van der Waals surface area contributed by atoms with Gasteiger partial charge in [-0.2, -0.15) is 0 Å². The maximum absolute atomic E-state index is 9.03. The molecular formula is C10H12Cl2O. The topological polar surface area (TPSA) is 20.2 Å². The zero-order chi connectivity index (χ0) is 9.73. The third-order valence-electron chi connectivity index (χ3n) is 1.79. The molecule has 1 aromatic rings. The van der Waals surface area contributed by atoms with E-state index in [0.29, 0.717) is 6.42 Å². The fraction of sp³-hybridized carbons (Fsp3) is 0.400. The van der Waals surface area contributed by atoms with Crippen molar-refractivity contribution < 1.29 is 5.11 Å². The third-order valence-corrected chi connectivity index (χ3v) is 2.16.